The van der Waals surface area contributed by atoms with Crippen molar-refractivity contribution in [3.05, 3.63) is 58.7 Å². The molecule has 0 heterocycles. The number of rotatable bonds is 11. The first-order chi connectivity index (χ1) is 13.5. The van der Waals surface area contributed by atoms with Crippen LogP contribution in [0.1, 0.15) is 22.3 Å². The maximum absolute atomic E-state index is 11.2. The molecule has 0 saturated heterocycles. The van der Waals surface area contributed by atoms with Gasteiger partial charge in [-0.3, -0.25) is 9.69 Å². The second kappa shape index (κ2) is 10.6. The van der Waals surface area contributed by atoms with Gasteiger partial charge in [-0.25, -0.2) is 0 Å². The maximum atomic E-state index is 11.2. The molecule has 152 valence electrons. The fourth-order valence-corrected chi connectivity index (χ4v) is 2.92. The number of para-hydroxylation sites is 2. The predicted octanol–water partition coefficient (Wildman–Crippen LogP) is 0.759. The first-order valence-corrected chi connectivity index (χ1v) is 8.92. The number of aliphatic carboxylic acids is 1. The number of hydrogen-bond donors (Lipinski definition) is 6. The van der Waals surface area contributed by atoms with Gasteiger partial charge < -0.3 is 30.8 Å². The number of aliphatic hydroxyl groups excluding tert-OH is 2. The van der Waals surface area contributed by atoms with Crippen LogP contribution in [-0.4, -0.2) is 56.0 Å². The van der Waals surface area contributed by atoms with Crippen LogP contribution >= 0.6 is 0 Å². The van der Waals surface area contributed by atoms with Gasteiger partial charge in [0.2, 0.25) is 0 Å². The SMILES string of the molecule is O=C(O)CN(CCNCc1cccc(CO)c1O)Cc1cccc(CO)c1O. The van der Waals surface area contributed by atoms with Crippen LogP contribution in [0.15, 0.2) is 36.4 Å². The van der Waals surface area contributed by atoms with E-state index in [4.69, 9.17) is 5.11 Å². The Morgan fingerprint density at radius 2 is 1.43 bits per heavy atom. The molecule has 8 nitrogen and oxygen atoms in total. The minimum absolute atomic E-state index is 0.0286. The van der Waals surface area contributed by atoms with Crippen molar-refractivity contribution >= 4 is 5.97 Å². The number of carboxylic acid groups (broad SMARTS) is 1. The van der Waals surface area contributed by atoms with Crippen LogP contribution in [0.4, 0.5) is 0 Å². The first-order valence-electron chi connectivity index (χ1n) is 8.92. The molecule has 0 aliphatic rings. The molecule has 2 aromatic carbocycles. The lowest BCUT2D eigenvalue weighted by Crippen LogP contribution is -2.35. The molecule has 28 heavy (non-hydrogen) atoms. The summed E-state index contributed by atoms with van der Waals surface area (Å²) in [5.74, 6) is -0.962. The van der Waals surface area contributed by atoms with Crippen molar-refractivity contribution < 1.29 is 30.3 Å². The lowest BCUT2D eigenvalue weighted by Gasteiger charge is -2.22. The van der Waals surface area contributed by atoms with Gasteiger partial charge in [-0.2, -0.15) is 0 Å². The molecule has 2 rings (SSSR count). The molecule has 0 aromatic heterocycles. The Labute approximate surface area is 163 Å². The zero-order valence-corrected chi connectivity index (χ0v) is 15.5. The zero-order chi connectivity index (χ0) is 20.5. The summed E-state index contributed by atoms with van der Waals surface area (Å²) in [6.07, 6.45) is 0. The van der Waals surface area contributed by atoms with Gasteiger partial charge in [-0.15, -0.1) is 0 Å². The van der Waals surface area contributed by atoms with Gasteiger partial charge >= 0.3 is 5.97 Å². The molecular formula is C20H26N2O6. The summed E-state index contributed by atoms with van der Waals surface area (Å²) in [6, 6.07) is 10.1. The average Bonchev–Trinajstić information content (AvgIpc) is 2.67. The molecule has 2 aromatic rings. The molecule has 0 amide bonds. The highest BCUT2D eigenvalue weighted by Crippen LogP contribution is 2.24. The van der Waals surface area contributed by atoms with Gasteiger partial charge in [-0.1, -0.05) is 36.4 Å². The highest BCUT2D eigenvalue weighted by Gasteiger charge is 2.14. The van der Waals surface area contributed by atoms with Crippen molar-refractivity contribution in [2.45, 2.75) is 26.3 Å². The molecule has 0 bridgehead atoms. The third kappa shape index (κ3) is 5.93. The molecule has 0 fully saturated rings. The van der Waals surface area contributed by atoms with Gasteiger partial charge in [0.1, 0.15) is 11.5 Å². The predicted molar refractivity (Wildman–Crippen MR) is 103 cm³/mol. The number of carbonyl (C=O) groups is 1. The fourth-order valence-electron chi connectivity index (χ4n) is 2.92. The lowest BCUT2D eigenvalue weighted by atomic mass is 10.1. The van der Waals surface area contributed by atoms with Crippen LogP contribution in [0.2, 0.25) is 0 Å². The monoisotopic (exact) mass is 390 g/mol. The number of phenols is 2. The summed E-state index contributed by atoms with van der Waals surface area (Å²) in [5, 5.41) is 51.0. The zero-order valence-electron chi connectivity index (χ0n) is 15.5. The van der Waals surface area contributed by atoms with E-state index in [1.54, 1.807) is 41.3 Å². The lowest BCUT2D eigenvalue weighted by molar-refractivity contribution is -0.138. The Kier molecular flexibility index (Phi) is 8.21. The van der Waals surface area contributed by atoms with E-state index >= 15 is 0 Å². The van der Waals surface area contributed by atoms with Crippen molar-refractivity contribution in [3.8, 4) is 11.5 Å². The summed E-state index contributed by atoms with van der Waals surface area (Å²) >= 11 is 0. The van der Waals surface area contributed by atoms with Crippen LogP contribution in [0.5, 0.6) is 11.5 Å². The maximum Gasteiger partial charge on any atom is 0.317 e. The van der Waals surface area contributed by atoms with Gasteiger partial charge in [-0.05, 0) is 0 Å². The van der Waals surface area contributed by atoms with Crippen LogP contribution in [0, 0.1) is 0 Å². The van der Waals surface area contributed by atoms with E-state index in [1.807, 2.05) is 0 Å². The average molecular weight is 390 g/mol. The quantitative estimate of drug-likeness (QED) is 0.310. The minimum Gasteiger partial charge on any atom is -0.507 e. The molecule has 0 spiro atoms. The molecule has 0 aliphatic carbocycles. The molecule has 6 N–H and O–H groups in total. The van der Waals surface area contributed by atoms with Crippen LogP contribution in [-0.2, 0) is 31.1 Å². The number of aromatic hydroxyl groups is 2. The number of carboxylic acids is 1. The van der Waals surface area contributed by atoms with E-state index in [0.717, 1.165) is 0 Å². The molecule has 0 unspecified atom stereocenters. The summed E-state index contributed by atoms with van der Waals surface area (Å²) in [5.41, 5.74) is 2.03. The Balaban J connectivity index is 1.95. The summed E-state index contributed by atoms with van der Waals surface area (Å²) in [6.45, 7) is 0.700. The van der Waals surface area contributed by atoms with E-state index in [-0.39, 0.29) is 37.8 Å². The smallest absolute Gasteiger partial charge is 0.317 e. The van der Waals surface area contributed by atoms with Crippen LogP contribution in [0.25, 0.3) is 0 Å². The van der Waals surface area contributed by atoms with Crippen molar-refractivity contribution in [1.29, 1.82) is 0 Å². The minimum atomic E-state index is -0.980. The van der Waals surface area contributed by atoms with E-state index in [0.29, 0.717) is 41.9 Å². The third-order valence-corrected chi connectivity index (χ3v) is 4.42. The molecule has 0 atom stereocenters. The highest BCUT2D eigenvalue weighted by molar-refractivity contribution is 5.69. The van der Waals surface area contributed by atoms with Crippen molar-refractivity contribution in [3.63, 3.8) is 0 Å². The van der Waals surface area contributed by atoms with E-state index < -0.39 is 5.97 Å². The number of benzene rings is 2. The highest BCUT2D eigenvalue weighted by atomic mass is 16.4. The number of hydrogen-bond acceptors (Lipinski definition) is 7. The first kappa shape index (κ1) is 21.6. The largest absolute Gasteiger partial charge is 0.507 e. The van der Waals surface area contributed by atoms with Gasteiger partial charge in [0, 0.05) is 48.4 Å². The normalized spacial score (nSPS) is 11.1. The Morgan fingerprint density at radius 3 is 2.00 bits per heavy atom. The Hall–Kier alpha value is -2.65. The Morgan fingerprint density at radius 1 is 0.893 bits per heavy atom. The van der Waals surface area contributed by atoms with Gasteiger partial charge in [0.25, 0.3) is 0 Å². The van der Waals surface area contributed by atoms with Crippen LogP contribution < -0.4 is 5.32 Å². The summed E-state index contributed by atoms with van der Waals surface area (Å²) < 4.78 is 0. The number of aliphatic hydroxyl groups is 2. The topological polar surface area (TPSA) is 133 Å². The van der Waals surface area contributed by atoms with E-state index in [9.17, 15) is 25.2 Å². The van der Waals surface area contributed by atoms with Crippen molar-refractivity contribution in [2.24, 2.45) is 0 Å². The molecule has 0 radical (unpaired) electrons. The molecular weight excluding hydrogens is 364 g/mol. The fraction of sp³-hybridized carbons (Fsp3) is 0.350. The standard InChI is InChI=1S/C20H26N2O6/c23-12-16-5-1-3-14(19(16)27)9-21-7-8-22(11-18(25)26)10-15-4-2-6-17(13-24)20(15)28/h1-6,21,23-24,27-28H,7-13H2,(H,25,26). The second-order valence-corrected chi connectivity index (χ2v) is 6.45. The van der Waals surface area contributed by atoms with Gasteiger partial charge in [0.15, 0.2) is 0 Å². The second-order valence-electron chi connectivity index (χ2n) is 6.45. The number of nitrogens with one attached hydrogen (secondary N) is 1. The van der Waals surface area contributed by atoms with Gasteiger partial charge in [0.05, 0.1) is 19.8 Å². The molecule has 0 aliphatic heterocycles. The summed E-state index contributed by atoms with van der Waals surface area (Å²) in [7, 11) is 0. The summed E-state index contributed by atoms with van der Waals surface area (Å²) in [4.78, 5) is 12.8. The van der Waals surface area contributed by atoms with Crippen molar-refractivity contribution in [1.82, 2.24) is 10.2 Å². The van der Waals surface area contributed by atoms with E-state index in [2.05, 4.69) is 5.32 Å². The third-order valence-electron chi connectivity index (χ3n) is 4.42. The Bertz CT molecular complexity index is 796. The molecule has 8 heteroatoms. The number of nitrogens with zero attached hydrogens (tertiary/aromatic N) is 1. The van der Waals surface area contributed by atoms with Crippen LogP contribution in [0.3, 0.4) is 0 Å². The van der Waals surface area contributed by atoms with E-state index in [1.165, 1.54) is 0 Å². The molecule has 0 saturated carbocycles. The van der Waals surface area contributed by atoms with Crippen molar-refractivity contribution in [2.75, 3.05) is 19.6 Å².